The fraction of sp³-hybridized carbons (Fsp3) is 0.192. The van der Waals surface area contributed by atoms with Crippen molar-refractivity contribution in [3.8, 4) is 11.3 Å². The molecule has 0 radical (unpaired) electrons. The molecule has 2 N–H and O–H groups in total. The zero-order valence-electron chi connectivity index (χ0n) is 18.1. The monoisotopic (exact) mass is 454 g/mol. The van der Waals surface area contributed by atoms with Gasteiger partial charge in [0.2, 0.25) is 5.91 Å². The molecule has 4 aromatic rings. The van der Waals surface area contributed by atoms with E-state index in [1.807, 2.05) is 31.2 Å². The van der Waals surface area contributed by atoms with Crippen LogP contribution < -0.4 is 10.6 Å². The first kappa shape index (κ1) is 19.9. The lowest BCUT2D eigenvalue weighted by atomic mass is 9.99. The third-order valence-corrected chi connectivity index (χ3v) is 7.59. The predicted molar refractivity (Wildman–Crippen MR) is 132 cm³/mol. The molecule has 164 valence electrons. The van der Waals surface area contributed by atoms with Crippen molar-refractivity contribution in [3.63, 3.8) is 0 Å². The van der Waals surface area contributed by atoms with Crippen molar-refractivity contribution in [3.05, 3.63) is 71.1 Å². The molecule has 0 saturated heterocycles. The molecule has 2 amide bonds. The Balaban J connectivity index is 1.47. The topological polar surface area (TPSA) is 74.3 Å². The van der Waals surface area contributed by atoms with Gasteiger partial charge in [-0.2, -0.15) is 0 Å². The quantitative estimate of drug-likeness (QED) is 0.431. The molecule has 0 fully saturated rings. The number of benzene rings is 2. The molecule has 33 heavy (non-hydrogen) atoms. The van der Waals surface area contributed by atoms with Crippen molar-refractivity contribution in [2.24, 2.45) is 0 Å². The first-order valence-corrected chi connectivity index (χ1v) is 11.8. The standard InChI is InChI=1S/C26H22N4O2S/c1-3-22(31)30-12-15-5-4-6-16(18(15)13-30)19-8-7-17-20(29-19)9-10-21-23(17)24-25(33-21)26(32)28-14(2)11-27-24/h3-10,14,27H,1,11-13H2,2H3,(H,28,32)/t14-/m1/s1. The highest BCUT2D eigenvalue weighted by Crippen LogP contribution is 2.41. The lowest BCUT2D eigenvalue weighted by Crippen LogP contribution is -2.34. The van der Waals surface area contributed by atoms with Crippen LogP contribution in [0.1, 0.15) is 27.7 Å². The summed E-state index contributed by atoms with van der Waals surface area (Å²) in [4.78, 5) is 32.3. The van der Waals surface area contributed by atoms with Crippen LogP contribution >= 0.6 is 11.3 Å². The van der Waals surface area contributed by atoms with Crippen molar-refractivity contribution < 1.29 is 9.59 Å². The van der Waals surface area contributed by atoms with Gasteiger partial charge in [-0.25, -0.2) is 4.98 Å². The molecule has 6 nitrogen and oxygen atoms in total. The van der Waals surface area contributed by atoms with E-state index >= 15 is 0 Å². The van der Waals surface area contributed by atoms with Crippen LogP contribution in [0.15, 0.2) is 55.1 Å². The van der Waals surface area contributed by atoms with E-state index in [-0.39, 0.29) is 17.9 Å². The van der Waals surface area contributed by atoms with Gasteiger partial charge in [0.25, 0.3) is 5.91 Å². The van der Waals surface area contributed by atoms with E-state index in [1.54, 1.807) is 4.90 Å². The van der Waals surface area contributed by atoms with Gasteiger partial charge in [0, 0.05) is 46.7 Å². The Labute approximate surface area is 194 Å². The van der Waals surface area contributed by atoms with Crippen molar-refractivity contribution >= 4 is 49.8 Å². The first-order valence-electron chi connectivity index (χ1n) is 11.0. The summed E-state index contributed by atoms with van der Waals surface area (Å²) in [7, 11) is 0. The zero-order chi connectivity index (χ0) is 22.7. The normalized spacial score (nSPS) is 17.3. The fourth-order valence-corrected chi connectivity index (χ4v) is 5.92. The molecule has 2 aromatic carbocycles. The minimum absolute atomic E-state index is 0.0279. The SMILES string of the molecule is C=CC(=O)N1Cc2cccc(-c3ccc4c(ccc5sc6c(c54)NC[C@@H](C)NC6=O)n3)c2C1. The van der Waals surface area contributed by atoms with Gasteiger partial charge in [-0.15, -0.1) is 11.3 Å². The number of pyridine rings is 1. The molecule has 0 spiro atoms. The third kappa shape index (κ3) is 3.11. The van der Waals surface area contributed by atoms with E-state index in [4.69, 9.17) is 4.98 Å². The van der Waals surface area contributed by atoms with Crippen molar-refractivity contribution in [2.45, 2.75) is 26.1 Å². The van der Waals surface area contributed by atoms with Crippen LogP contribution in [0.25, 0.3) is 32.2 Å². The Morgan fingerprint density at radius 1 is 1.21 bits per heavy atom. The van der Waals surface area contributed by atoms with Gasteiger partial charge in [-0.1, -0.05) is 24.8 Å². The van der Waals surface area contributed by atoms with Crippen LogP contribution in [-0.2, 0) is 17.9 Å². The van der Waals surface area contributed by atoms with Gasteiger partial charge >= 0.3 is 0 Å². The van der Waals surface area contributed by atoms with E-state index in [1.165, 1.54) is 17.4 Å². The molecular weight excluding hydrogens is 432 g/mol. The maximum Gasteiger partial charge on any atom is 0.263 e. The minimum atomic E-state index is -0.0602. The second-order valence-corrected chi connectivity index (χ2v) is 9.66. The van der Waals surface area contributed by atoms with E-state index in [2.05, 4.69) is 35.4 Å². The molecule has 2 aliphatic rings. The Bertz CT molecular complexity index is 1490. The smallest absolute Gasteiger partial charge is 0.263 e. The number of thiophene rings is 1. The van der Waals surface area contributed by atoms with E-state index in [9.17, 15) is 9.59 Å². The van der Waals surface area contributed by atoms with Gasteiger partial charge < -0.3 is 15.5 Å². The van der Waals surface area contributed by atoms with Crippen LogP contribution in [0.5, 0.6) is 0 Å². The van der Waals surface area contributed by atoms with Gasteiger partial charge in [0.15, 0.2) is 0 Å². The largest absolute Gasteiger partial charge is 0.381 e. The summed E-state index contributed by atoms with van der Waals surface area (Å²) in [5, 5.41) is 8.59. The highest BCUT2D eigenvalue weighted by molar-refractivity contribution is 7.21. The van der Waals surface area contributed by atoms with Crippen LogP contribution in [0.3, 0.4) is 0 Å². The molecule has 1 atom stereocenters. The van der Waals surface area contributed by atoms with Gasteiger partial charge in [0.1, 0.15) is 4.88 Å². The number of carbonyl (C=O) groups excluding carboxylic acids is 2. The number of aromatic nitrogens is 1. The Kier molecular flexibility index (Phi) is 4.48. The lowest BCUT2D eigenvalue weighted by Gasteiger charge is -2.13. The van der Waals surface area contributed by atoms with Crippen molar-refractivity contribution in [1.82, 2.24) is 15.2 Å². The number of hydrogen-bond acceptors (Lipinski definition) is 5. The van der Waals surface area contributed by atoms with Crippen LogP contribution in [0, 0.1) is 0 Å². The number of nitrogens with one attached hydrogen (secondary N) is 2. The number of nitrogens with zero attached hydrogens (tertiary/aromatic N) is 2. The molecule has 6 rings (SSSR count). The molecule has 2 aromatic heterocycles. The average Bonchev–Trinajstić information content (AvgIpc) is 3.40. The summed E-state index contributed by atoms with van der Waals surface area (Å²) in [6, 6.07) is 14.4. The Hall–Kier alpha value is -3.71. The number of rotatable bonds is 2. The molecular formula is C26H22N4O2S. The van der Waals surface area contributed by atoms with Gasteiger partial charge in [-0.05, 0) is 48.4 Å². The Morgan fingerprint density at radius 3 is 2.94 bits per heavy atom. The van der Waals surface area contributed by atoms with Crippen molar-refractivity contribution in [2.75, 3.05) is 11.9 Å². The second kappa shape index (κ2) is 7.42. The highest BCUT2D eigenvalue weighted by Gasteiger charge is 2.26. The molecule has 2 aliphatic heterocycles. The summed E-state index contributed by atoms with van der Waals surface area (Å²) < 4.78 is 1.07. The molecule has 0 bridgehead atoms. The minimum Gasteiger partial charge on any atom is -0.381 e. The van der Waals surface area contributed by atoms with E-state index in [0.29, 0.717) is 19.6 Å². The number of anilines is 1. The number of fused-ring (bicyclic) bond motifs is 6. The van der Waals surface area contributed by atoms with Crippen LogP contribution in [0.2, 0.25) is 0 Å². The molecule has 0 aliphatic carbocycles. The highest BCUT2D eigenvalue weighted by atomic mass is 32.1. The zero-order valence-corrected chi connectivity index (χ0v) is 19.0. The van der Waals surface area contributed by atoms with Gasteiger partial charge in [0.05, 0.1) is 16.9 Å². The Morgan fingerprint density at radius 2 is 2.09 bits per heavy atom. The molecule has 0 unspecified atom stereocenters. The fourth-order valence-electron chi connectivity index (χ4n) is 4.82. The number of hydrogen-bond donors (Lipinski definition) is 2. The van der Waals surface area contributed by atoms with Gasteiger partial charge in [-0.3, -0.25) is 9.59 Å². The van der Waals surface area contributed by atoms with E-state index in [0.717, 1.165) is 53.9 Å². The number of amides is 2. The molecule has 0 saturated carbocycles. The third-order valence-electron chi connectivity index (χ3n) is 6.44. The van der Waals surface area contributed by atoms with Crippen molar-refractivity contribution in [1.29, 1.82) is 0 Å². The lowest BCUT2D eigenvalue weighted by molar-refractivity contribution is -0.126. The predicted octanol–water partition coefficient (Wildman–Crippen LogP) is 4.69. The summed E-state index contributed by atoms with van der Waals surface area (Å²) in [5.41, 5.74) is 5.99. The number of carbonyl (C=O) groups is 2. The second-order valence-electron chi connectivity index (χ2n) is 8.61. The maximum absolute atomic E-state index is 12.7. The summed E-state index contributed by atoms with van der Waals surface area (Å²) in [6.07, 6.45) is 1.36. The van der Waals surface area contributed by atoms with Crippen LogP contribution in [-0.4, -0.2) is 34.3 Å². The summed E-state index contributed by atoms with van der Waals surface area (Å²) in [5.74, 6) is -0.0880. The van der Waals surface area contributed by atoms with Crippen LogP contribution in [0.4, 0.5) is 5.69 Å². The molecule has 7 heteroatoms. The molecule has 4 heterocycles. The first-order chi connectivity index (χ1) is 16.0. The average molecular weight is 455 g/mol. The van der Waals surface area contributed by atoms with E-state index < -0.39 is 0 Å². The summed E-state index contributed by atoms with van der Waals surface area (Å²) >= 11 is 1.51. The summed E-state index contributed by atoms with van der Waals surface area (Å²) in [6.45, 7) is 7.45. The maximum atomic E-state index is 12.7.